The number of halogens is 1. The molecule has 0 aliphatic heterocycles. The van der Waals surface area contributed by atoms with Gasteiger partial charge in [0.1, 0.15) is 11.1 Å². The lowest BCUT2D eigenvalue weighted by atomic mass is 10.1. The number of aromatic nitrogens is 2. The summed E-state index contributed by atoms with van der Waals surface area (Å²) >= 11 is 3.23. The van der Waals surface area contributed by atoms with Gasteiger partial charge in [0.25, 0.3) is 5.56 Å². The van der Waals surface area contributed by atoms with E-state index in [1.807, 2.05) is 60.7 Å². The summed E-state index contributed by atoms with van der Waals surface area (Å²) < 4.78 is 5.42. The predicted molar refractivity (Wildman–Crippen MR) is 98.2 cm³/mol. The maximum Gasteiger partial charge on any atom is 0.414 e. The van der Waals surface area contributed by atoms with Crippen molar-refractivity contribution in [3.05, 3.63) is 81.1 Å². The van der Waals surface area contributed by atoms with Crippen LogP contribution in [0.2, 0.25) is 0 Å². The van der Waals surface area contributed by atoms with E-state index in [-0.39, 0.29) is 12.6 Å². The molecule has 0 fully saturated rings. The number of nitrogens with zero attached hydrogens (tertiary/aromatic N) is 1. The van der Waals surface area contributed by atoms with Crippen molar-refractivity contribution < 1.29 is 9.53 Å². The Hall–Kier alpha value is -2.93. The van der Waals surface area contributed by atoms with Crippen LogP contribution in [0.3, 0.4) is 0 Å². The van der Waals surface area contributed by atoms with Gasteiger partial charge in [0.2, 0.25) is 5.95 Å². The second-order valence-electron chi connectivity index (χ2n) is 5.13. The molecule has 3 aromatic rings. The Bertz CT molecular complexity index is 927. The molecule has 2 N–H and O–H groups in total. The largest absolute Gasteiger partial charge is 0.444 e. The van der Waals surface area contributed by atoms with E-state index >= 15 is 0 Å². The molecule has 1 amide bonds. The first-order chi connectivity index (χ1) is 12.1. The molecule has 0 saturated carbocycles. The molecule has 1 heterocycles. The molecule has 0 saturated heterocycles. The minimum Gasteiger partial charge on any atom is -0.444 e. The maximum atomic E-state index is 12.1. The summed E-state index contributed by atoms with van der Waals surface area (Å²) in [7, 11) is 0. The third kappa shape index (κ3) is 4.33. The average molecular weight is 400 g/mol. The average Bonchev–Trinajstić information content (AvgIpc) is 2.64. The number of carbonyl (C=O) groups is 1. The Balaban J connectivity index is 1.75. The van der Waals surface area contributed by atoms with Crippen molar-refractivity contribution in [2.45, 2.75) is 6.61 Å². The highest BCUT2D eigenvalue weighted by molar-refractivity contribution is 9.10. The van der Waals surface area contributed by atoms with Crippen LogP contribution in [-0.4, -0.2) is 16.1 Å². The van der Waals surface area contributed by atoms with Crippen molar-refractivity contribution in [2.75, 3.05) is 5.32 Å². The van der Waals surface area contributed by atoms with Gasteiger partial charge in [-0.05, 0) is 21.5 Å². The number of nitrogens with one attached hydrogen (secondary N) is 2. The van der Waals surface area contributed by atoms with Gasteiger partial charge in [0.15, 0.2) is 0 Å². The molecule has 3 rings (SSSR count). The number of benzene rings is 2. The molecule has 2 aromatic carbocycles. The molecule has 126 valence electrons. The van der Waals surface area contributed by atoms with Crippen LogP contribution in [-0.2, 0) is 11.3 Å². The number of ether oxygens (including phenoxy) is 1. The van der Waals surface area contributed by atoms with Gasteiger partial charge in [0, 0.05) is 5.56 Å². The zero-order valence-electron chi connectivity index (χ0n) is 13.0. The first-order valence-electron chi connectivity index (χ1n) is 7.46. The fraction of sp³-hybridized carbons (Fsp3) is 0.0556. The van der Waals surface area contributed by atoms with Crippen molar-refractivity contribution in [3.63, 3.8) is 0 Å². The van der Waals surface area contributed by atoms with E-state index in [4.69, 9.17) is 4.74 Å². The van der Waals surface area contributed by atoms with Crippen LogP contribution < -0.4 is 10.9 Å². The van der Waals surface area contributed by atoms with Crippen molar-refractivity contribution in [3.8, 4) is 11.3 Å². The van der Waals surface area contributed by atoms with Crippen LogP contribution >= 0.6 is 15.9 Å². The van der Waals surface area contributed by atoms with E-state index in [1.54, 1.807) is 0 Å². The van der Waals surface area contributed by atoms with E-state index in [0.29, 0.717) is 10.2 Å². The smallest absolute Gasteiger partial charge is 0.414 e. The Morgan fingerprint density at radius 3 is 2.40 bits per heavy atom. The predicted octanol–water partition coefficient (Wildman–Crippen LogP) is 3.95. The third-order valence-corrected chi connectivity index (χ3v) is 4.08. The summed E-state index contributed by atoms with van der Waals surface area (Å²) in [4.78, 5) is 30.8. The quantitative estimate of drug-likeness (QED) is 0.695. The molecule has 6 nitrogen and oxygen atoms in total. The third-order valence-electron chi connectivity index (χ3n) is 3.34. The molecule has 0 aliphatic carbocycles. The molecule has 7 heteroatoms. The van der Waals surface area contributed by atoms with Crippen molar-refractivity contribution in [1.29, 1.82) is 0 Å². The fourth-order valence-electron chi connectivity index (χ4n) is 2.16. The lowest BCUT2D eigenvalue weighted by Crippen LogP contribution is -2.20. The standard InChI is InChI=1S/C18H14BrN3O3/c19-14-15(13-9-5-2-6-10-13)20-17(21-16(14)23)22-18(24)25-11-12-7-3-1-4-8-12/h1-10H,11H2,(H2,20,21,22,23,24). The normalized spacial score (nSPS) is 10.3. The van der Waals surface area contributed by atoms with Gasteiger partial charge in [-0.2, -0.15) is 0 Å². The summed E-state index contributed by atoms with van der Waals surface area (Å²) in [5.41, 5.74) is 1.65. The first kappa shape index (κ1) is 16.9. The molecule has 0 spiro atoms. The Kier molecular flexibility index (Phi) is 5.25. The van der Waals surface area contributed by atoms with Crippen molar-refractivity contribution in [2.24, 2.45) is 0 Å². The molecule has 0 aliphatic rings. The van der Waals surface area contributed by atoms with Crippen molar-refractivity contribution in [1.82, 2.24) is 9.97 Å². The lowest BCUT2D eigenvalue weighted by Gasteiger charge is -2.09. The number of anilines is 1. The zero-order valence-corrected chi connectivity index (χ0v) is 14.6. The van der Waals surface area contributed by atoms with Crippen LogP contribution in [0.4, 0.5) is 10.7 Å². The van der Waals surface area contributed by atoms with Crippen molar-refractivity contribution >= 4 is 28.0 Å². The van der Waals surface area contributed by atoms with E-state index < -0.39 is 11.7 Å². The minimum atomic E-state index is -0.701. The topological polar surface area (TPSA) is 84.1 Å². The van der Waals surface area contributed by atoms with E-state index in [1.165, 1.54) is 0 Å². The van der Waals surface area contributed by atoms with E-state index in [2.05, 4.69) is 31.2 Å². The Labute approximate surface area is 152 Å². The van der Waals surface area contributed by atoms with Gasteiger partial charge < -0.3 is 4.74 Å². The second kappa shape index (κ2) is 7.76. The summed E-state index contributed by atoms with van der Waals surface area (Å²) in [6.07, 6.45) is -0.701. The highest BCUT2D eigenvalue weighted by Gasteiger charge is 2.13. The minimum absolute atomic E-state index is 0.0186. The molecule has 0 bridgehead atoms. The number of amides is 1. The zero-order chi connectivity index (χ0) is 17.6. The molecular weight excluding hydrogens is 386 g/mol. The number of rotatable bonds is 4. The highest BCUT2D eigenvalue weighted by Crippen LogP contribution is 2.23. The summed E-state index contributed by atoms with van der Waals surface area (Å²) in [5.74, 6) is 0.0186. The van der Waals surface area contributed by atoms with Gasteiger partial charge in [-0.1, -0.05) is 60.7 Å². The number of carbonyl (C=O) groups excluding carboxylic acids is 1. The van der Waals surface area contributed by atoms with Gasteiger partial charge >= 0.3 is 6.09 Å². The second-order valence-corrected chi connectivity index (χ2v) is 5.92. The van der Waals surface area contributed by atoms with Gasteiger partial charge in [-0.25, -0.2) is 9.78 Å². The molecule has 0 unspecified atom stereocenters. The molecular formula is C18H14BrN3O3. The first-order valence-corrected chi connectivity index (χ1v) is 8.26. The van der Waals surface area contributed by atoms with E-state index in [0.717, 1.165) is 11.1 Å². The van der Waals surface area contributed by atoms with Crippen LogP contribution in [0.1, 0.15) is 5.56 Å². The number of hydrogen-bond acceptors (Lipinski definition) is 4. The van der Waals surface area contributed by atoms with E-state index in [9.17, 15) is 9.59 Å². The molecule has 0 radical (unpaired) electrons. The van der Waals surface area contributed by atoms with Crippen LogP contribution in [0, 0.1) is 0 Å². The maximum absolute atomic E-state index is 12.1. The molecule has 0 atom stereocenters. The van der Waals surface area contributed by atoms with Crippen LogP contribution in [0.15, 0.2) is 69.9 Å². The van der Waals surface area contributed by atoms with Crippen LogP contribution in [0.5, 0.6) is 0 Å². The number of H-pyrrole nitrogens is 1. The monoisotopic (exact) mass is 399 g/mol. The Morgan fingerprint density at radius 1 is 1.08 bits per heavy atom. The van der Waals surface area contributed by atoms with Crippen LogP contribution in [0.25, 0.3) is 11.3 Å². The summed E-state index contributed by atoms with van der Waals surface area (Å²) in [6.45, 7) is 0.124. The van der Waals surface area contributed by atoms with Gasteiger partial charge in [0.05, 0.1) is 5.69 Å². The van der Waals surface area contributed by atoms with Gasteiger partial charge in [-0.15, -0.1) is 0 Å². The fourth-order valence-corrected chi connectivity index (χ4v) is 2.58. The highest BCUT2D eigenvalue weighted by atomic mass is 79.9. The Morgan fingerprint density at radius 2 is 1.72 bits per heavy atom. The number of hydrogen-bond donors (Lipinski definition) is 2. The molecule has 25 heavy (non-hydrogen) atoms. The molecule has 1 aromatic heterocycles. The summed E-state index contributed by atoms with van der Waals surface area (Å²) in [6, 6.07) is 18.5. The number of aromatic amines is 1. The SMILES string of the molecule is O=C(Nc1nc(-c2ccccc2)c(Br)c(=O)[nH]1)OCc1ccccc1. The summed E-state index contributed by atoms with van der Waals surface area (Å²) in [5, 5.41) is 2.44. The lowest BCUT2D eigenvalue weighted by molar-refractivity contribution is 0.155. The van der Waals surface area contributed by atoms with Gasteiger partial charge in [-0.3, -0.25) is 15.1 Å².